The van der Waals surface area contributed by atoms with Crippen LogP contribution in [0.4, 0.5) is 0 Å². The fourth-order valence-electron chi connectivity index (χ4n) is 4.90. The van der Waals surface area contributed by atoms with Crippen molar-refractivity contribution >= 4 is 0 Å². The van der Waals surface area contributed by atoms with E-state index in [1.54, 1.807) is 0 Å². The summed E-state index contributed by atoms with van der Waals surface area (Å²) in [5, 5.41) is 60.3. The second kappa shape index (κ2) is 22.9. The second-order valence-electron chi connectivity index (χ2n) is 10.8. The summed E-state index contributed by atoms with van der Waals surface area (Å²) < 4.78 is 45.2. The predicted molar refractivity (Wildman–Crippen MR) is 150 cm³/mol. The van der Waals surface area contributed by atoms with Crippen LogP contribution in [0.5, 0.6) is 0 Å². The molecule has 0 amide bonds. The van der Waals surface area contributed by atoms with Crippen molar-refractivity contribution in [2.75, 3.05) is 86.4 Å². The van der Waals surface area contributed by atoms with Gasteiger partial charge in [-0.25, -0.2) is 0 Å². The van der Waals surface area contributed by atoms with Crippen molar-refractivity contribution in [3.63, 3.8) is 0 Å². The van der Waals surface area contributed by atoms with Crippen LogP contribution in [0.3, 0.4) is 0 Å². The van der Waals surface area contributed by atoms with Crippen LogP contribution in [-0.2, 0) is 37.9 Å². The second-order valence-corrected chi connectivity index (χ2v) is 10.8. The highest BCUT2D eigenvalue weighted by atomic mass is 16.7. The van der Waals surface area contributed by atoms with Crippen LogP contribution in [0.15, 0.2) is 0 Å². The summed E-state index contributed by atoms with van der Waals surface area (Å²) in [6, 6.07) is 0. The third-order valence-corrected chi connectivity index (χ3v) is 6.93. The van der Waals surface area contributed by atoms with Gasteiger partial charge in [0.25, 0.3) is 0 Å². The van der Waals surface area contributed by atoms with Gasteiger partial charge in [0.2, 0.25) is 0 Å². The Labute approximate surface area is 249 Å². The van der Waals surface area contributed by atoms with Crippen LogP contribution in [-0.4, -0.2) is 166 Å². The van der Waals surface area contributed by atoms with Crippen LogP contribution >= 0.6 is 0 Å². The first kappa shape index (κ1) is 39.5. The molecule has 42 heavy (non-hydrogen) atoms. The van der Waals surface area contributed by atoms with Crippen LogP contribution in [0.1, 0.15) is 27.7 Å². The van der Waals surface area contributed by atoms with Crippen LogP contribution in [0, 0.1) is 17.8 Å². The molecule has 0 bridgehead atoms. The topological polar surface area (TPSA) is 195 Å². The molecule has 0 aromatic heterocycles. The van der Waals surface area contributed by atoms with Gasteiger partial charge in [0.05, 0.1) is 110 Å². The van der Waals surface area contributed by atoms with E-state index in [-0.39, 0.29) is 84.7 Å². The molecule has 9 atom stereocenters. The molecule has 252 valence electrons. The molecule has 0 aromatic carbocycles. The van der Waals surface area contributed by atoms with E-state index in [4.69, 9.17) is 48.1 Å². The van der Waals surface area contributed by atoms with E-state index >= 15 is 0 Å². The minimum absolute atomic E-state index is 0.0378. The number of hydrogen-bond acceptors (Lipinski definition) is 14. The maximum absolute atomic E-state index is 11.2. The average Bonchev–Trinajstić information content (AvgIpc) is 2.94. The zero-order valence-corrected chi connectivity index (χ0v) is 25.8. The average molecular weight is 617 g/mol. The first-order chi connectivity index (χ1) is 20.1. The van der Waals surface area contributed by atoms with E-state index in [2.05, 4.69) is 0 Å². The van der Waals surface area contributed by atoms with Gasteiger partial charge in [-0.3, -0.25) is 0 Å². The molecular formula is C28H56O14. The van der Waals surface area contributed by atoms with Crippen molar-refractivity contribution in [2.45, 2.75) is 76.7 Å². The highest BCUT2D eigenvalue weighted by Gasteiger charge is 2.47. The van der Waals surface area contributed by atoms with Gasteiger partial charge in [0.1, 0.15) is 12.2 Å². The van der Waals surface area contributed by atoms with Crippen LogP contribution < -0.4 is 0 Å². The minimum atomic E-state index is -1.27. The molecule has 1 heterocycles. The summed E-state index contributed by atoms with van der Waals surface area (Å²) in [5.41, 5.74) is 0. The van der Waals surface area contributed by atoms with Gasteiger partial charge < -0.3 is 68.5 Å². The molecule has 0 saturated carbocycles. The maximum atomic E-state index is 11.2. The zero-order chi connectivity index (χ0) is 31.5. The fourth-order valence-corrected chi connectivity index (χ4v) is 4.90. The summed E-state index contributed by atoms with van der Waals surface area (Å²) in [4.78, 5) is 0. The first-order valence-corrected chi connectivity index (χ1v) is 14.8. The smallest absolute Gasteiger partial charge is 0.186 e. The van der Waals surface area contributed by atoms with Crippen molar-refractivity contribution in [1.82, 2.24) is 0 Å². The standard InChI is InChI=1S/C28H56O14/c1-18(2)24(23(35-5)17-38-13-12-36-9-6-29)26(34)21(32)15-39-14-20-22(16-37-10-7-30)42-28(41-19(3)4)27(25(20)33)40-11-8-31/h18-34H,6-17H2,1-5H3. The fraction of sp³-hybridized carbons (Fsp3) is 1.00. The summed E-state index contributed by atoms with van der Waals surface area (Å²) in [6.07, 6.45) is -6.89. The van der Waals surface area contributed by atoms with E-state index in [1.807, 2.05) is 27.7 Å². The van der Waals surface area contributed by atoms with Crippen molar-refractivity contribution in [3.8, 4) is 0 Å². The number of aliphatic hydroxyl groups is 6. The summed E-state index contributed by atoms with van der Waals surface area (Å²) in [7, 11) is 1.51. The Bertz CT molecular complexity index is 640. The Morgan fingerprint density at radius 1 is 0.762 bits per heavy atom. The lowest BCUT2D eigenvalue weighted by Crippen LogP contribution is -2.59. The monoisotopic (exact) mass is 616 g/mol. The Balaban J connectivity index is 2.85. The highest BCUT2D eigenvalue weighted by Crippen LogP contribution is 2.31. The maximum Gasteiger partial charge on any atom is 0.186 e. The minimum Gasteiger partial charge on any atom is -0.394 e. The third kappa shape index (κ3) is 14.0. The van der Waals surface area contributed by atoms with E-state index in [0.717, 1.165) is 0 Å². The zero-order valence-electron chi connectivity index (χ0n) is 25.8. The van der Waals surface area contributed by atoms with Gasteiger partial charge in [-0.1, -0.05) is 13.8 Å². The molecule has 1 saturated heterocycles. The number of methoxy groups -OCH3 is 1. The predicted octanol–water partition coefficient (Wildman–Crippen LogP) is -1.45. The third-order valence-electron chi connectivity index (χ3n) is 6.93. The largest absolute Gasteiger partial charge is 0.394 e. The molecule has 1 aliphatic heterocycles. The molecule has 1 fully saturated rings. The molecular weight excluding hydrogens is 560 g/mol. The molecule has 0 aliphatic carbocycles. The molecule has 0 aromatic rings. The number of aliphatic hydroxyl groups excluding tert-OH is 6. The SMILES string of the molecule is COC(COCCOCCO)C(C(C)C)C(O)C(O)COCC1C(COCCO)OC(OC(C)C)C(OCCO)C1O. The first-order valence-electron chi connectivity index (χ1n) is 14.8. The molecule has 14 nitrogen and oxygen atoms in total. The molecule has 0 radical (unpaired) electrons. The number of hydrogen-bond donors (Lipinski definition) is 6. The van der Waals surface area contributed by atoms with Gasteiger partial charge in [-0.2, -0.15) is 0 Å². The van der Waals surface area contributed by atoms with Crippen molar-refractivity contribution in [3.05, 3.63) is 0 Å². The lowest BCUT2D eigenvalue weighted by molar-refractivity contribution is -0.314. The normalized spacial score (nSPS) is 26.1. The van der Waals surface area contributed by atoms with Crippen molar-refractivity contribution < 1.29 is 68.5 Å². The Kier molecular flexibility index (Phi) is 21.5. The Morgan fingerprint density at radius 3 is 2.00 bits per heavy atom. The quantitative estimate of drug-likeness (QED) is 0.0652. The highest BCUT2D eigenvalue weighted by molar-refractivity contribution is 4.91. The van der Waals surface area contributed by atoms with Crippen molar-refractivity contribution in [1.29, 1.82) is 0 Å². The number of ether oxygens (including phenoxy) is 8. The molecule has 14 heteroatoms. The van der Waals surface area contributed by atoms with E-state index < -0.39 is 54.7 Å². The molecule has 6 N–H and O–H groups in total. The molecule has 0 spiro atoms. The lowest BCUT2D eigenvalue weighted by Gasteiger charge is -2.44. The van der Waals surface area contributed by atoms with E-state index in [9.17, 15) is 20.4 Å². The van der Waals surface area contributed by atoms with Crippen LogP contribution in [0.2, 0.25) is 0 Å². The molecule has 9 unspecified atom stereocenters. The Morgan fingerprint density at radius 2 is 1.40 bits per heavy atom. The lowest BCUT2D eigenvalue weighted by atomic mass is 9.83. The molecule has 1 aliphatic rings. The van der Waals surface area contributed by atoms with Gasteiger partial charge in [-0.05, 0) is 19.8 Å². The van der Waals surface area contributed by atoms with Crippen LogP contribution in [0.25, 0.3) is 0 Å². The van der Waals surface area contributed by atoms with E-state index in [1.165, 1.54) is 7.11 Å². The Hall–Kier alpha value is -0.560. The van der Waals surface area contributed by atoms with Gasteiger partial charge in [0.15, 0.2) is 6.29 Å². The summed E-state index contributed by atoms with van der Waals surface area (Å²) in [5.74, 6) is -1.23. The van der Waals surface area contributed by atoms with Crippen molar-refractivity contribution in [2.24, 2.45) is 17.8 Å². The van der Waals surface area contributed by atoms with Gasteiger partial charge >= 0.3 is 0 Å². The van der Waals surface area contributed by atoms with Gasteiger partial charge in [-0.15, -0.1) is 0 Å². The number of rotatable bonds is 25. The van der Waals surface area contributed by atoms with E-state index in [0.29, 0.717) is 6.61 Å². The molecule has 1 rings (SSSR count). The summed E-state index contributed by atoms with van der Waals surface area (Å²) in [6.45, 7) is 7.69. The van der Waals surface area contributed by atoms with Gasteiger partial charge in [0, 0.05) is 18.9 Å². The summed E-state index contributed by atoms with van der Waals surface area (Å²) >= 11 is 0.